The molecule has 0 atom stereocenters. The van der Waals surface area contributed by atoms with Crippen molar-refractivity contribution in [1.82, 2.24) is 5.32 Å². The van der Waals surface area contributed by atoms with Crippen LogP contribution < -0.4 is 5.32 Å². The standard InChI is InChI=1S/C7H13NO3/c9-6(10)8-7(11)4-2-1-3-5-7/h8,11H,1-5H2,(H,9,10). The molecule has 64 valence electrons. The van der Waals surface area contributed by atoms with E-state index in [9.17, 15) is 9.90 Å². The molecule has 0 unspecified atom stereocenters. The van der Waals surface area contributed by atoms with Crippen molar-refractivity contribution in [3.05, 3.63) is 0 Å². The zero-order chi connectivity index (χ0) is 8.32. The minimum atomic E-state index is -1.15. The maximum absolute atomic E-state index is 10.2. The van der Waals surface area contributed by atoms with Crippen LogP contribution in [0.25, 0.3) is 0 Å². The first-order chi connectivity index (χ1) is 5.12. The Morgan fingerprint density at radius 2 is 1.82 bits per heavy atom. The summed E-state index contributed by atoms with van der Waals surface area (Å²) in [5.74, 6) is 0. The highest BCUT2D eigenvalue weighted by molar-refractivity contribution is 5.65. The number of amides is 1. The van der Waals surface area contributed by atoms with Gasteiger partial charge in [0.1, 0.15) is 5.72 Å². The average molecular weight is 159 g/mol. The van der Waals surface area contributed by atoms with E-state index in [4.69, 9.17) is 5.11 Å². The van der Waals surface area contributed by atoms with Crippen LogP contribution in [-0.2, 0) is 0 Å². The van der Waals surface area contributed by atoms with Gasteiger partial charge in [0.05, 0.1) is 0 Å². The van der Waals surface area contributed by atoms with Crippen LogP contribution >= 0.6 is 0 Å². The molecule has 0 aliphatic heterocycles. The highest BCUT2D eigenvalue weighted by Crippen LogP contribution is 2.25. The van der Waals surface area contributed by atoms with E-state index in [0.29, 0.717) is 12.8 Å². The van der Waals surface area contributed by atoms with E-state index in [1.807, 2.05) is 0 Å². The number of carboxylic acid groups (broad SMARTS) is 1. The molecule has 1 saturated carbocycles. The normalized spacial score (nSPS) is 22.6. The van der Waals surface area contributed by atoms with Gasteiger partial charge in [-0.15, -0.1) is 0 Å². The SMILES string of the molecule is O=C(O)NC1(O)CCCCC1. The van der Waals surface area contributed by atoms with Gasteiger partial charge in [0.2, 0.25) is 0 Å². The molecule has 0 bridgehead atoms. The van der Waals surface area contributed by atoms with E-state index in [1.165, 1.54) is 0 Å². The monoisotopic (exact) mass is 159 g/mol. The molecule has 1 rings (SSSR count). The third-order valence-electron chi connectivity index (χ3n) is 2.02. The van der Waals surface area contributed by atoms with Crippen LogP contribution in [0.4, 0.5) is 4.79 Å². The minimum absolute atomic E-state index is 0.541. The Morgan fingerprint density at radius 1 is 1.27 bits per heavy atom. The quantitative estimate of drug-likeness (QED) is 0.498. The molecule has 11 heavy (non-hydrogen) atoms. The predicted octanol–water partition coefficient (Wildman–Crippen LogP) is 0.907. The predicted molar refractivity (Wildman–Crippen MR) is 39.2 cm³/mol. The van der Waals surface area contributed by atoms with Crippen molar-refractivity contribution in [3.8, 4) is 0 Å². The Morgan fingerprint density at radius 3 is 2.27 bits per heavy atom. The van der Waals surface area contributed by atoms with Crippen molar-refractivity contribution in [2.45, 2.75) is 37.8 Å². The molecule has 1 fully saturated rings. The van der Waals surface area contributed by atoms with E-state index in [0.717, 1.165) is 19.3 Å². The maximum Gasteiger partial charge on any atom is 0.406 e. The first kappa shape index (κ1) is 8.33. The Bertz CT molecular complexity index is 152. The molecule has 1 aliphatic carbocycles. The van der Waals surface area contributed by atoms with E-state index < -0.39 is 11.8 Å². The lowest BCUT2D eigenvalue weighted by atomic mass is 9.92. The maximum atomic E-state index is 10.2. The molecule has 1 aliphatic rings. The zero-order valence-corrected chi connectivity index (χ0v) is 6.34. The van der Waals surface area contributed by atoms with Crippen LogP contribution in [0, 0.1) is 0 Å². The van der Waals surface area contributed by atoms with Gasteiger partial charge < -0.3 is 10.2 Å². The fraction of sp³-hybridized carbons (Fsp3) is 0.857. The van der Waals surface area contributed by atoms with E-state index in [-0.39, 0.29) is 0 Å². The summed E-state index contributed by atoms with van der Waals surface area (Å²) in [4.78, 5) is 10.2. The Balaban J connectivity index is 2.43. The first-order valence-corrected chi connectivity index (χ1v) is 3.86. The lowest BCUT2D eigenvalue weighted by Gasteiger charge is -2.31. The molecule has 1 amide bonds. The van der Waals surface area contributed by atoms with Gasteiger partial charge in [0.25, 0.3) is 0 Å². The van der Waals surface area contributed by atoms with E-state index >= 15 is 0 Å². The van der Waals surface area contributed by atoms with Gasteiger partial charge in [-0.3, -0.25) is 5.32 Å². The third kappa shape index (κ3) is 2.38. The number of hydrogen-bond acceptors (Lipinski definition) is 2. The highest BCUT2D eigenvalue weighted by Gasteiger charge is 2.30. The number of hydrogen-bond donors (Lipinski definition) is 3. The molecule has 0 heterocycles. The molecule has 0 radical (unpaired) electrons. The van der Waals surface area contributed by atoms with Crippen LogP contribution in [0.2, 0.25) is 0 Å². The second-order valence-corrected chi connectivity index (χ2v) is 3.02. The lowest BCUT2D eigenvalue weighted by molar-refractivity contribution is -0.0222. The summed E-state index contributed by atoms with van der Waals surface area (Å²) in [5.41, 5.74) is -1.15. The molecule has 4 heteroatoms. The molecule has 0 aromatic carbocycles. The van der Waals surface area contributed by atoms with E-state index in [1.54, 1.807) is 0 Å². The molecule has 0 saturated heterocycles. The van der Waals surface area contributed by atoms with Crippen LogP contribution in [0.3, 0.4) is 0 Å². The van der Waals surface area contributed by atoms with Crippen molar-refractivity contribution >= 4 is 6.09 Å². The Hall–Kier alpha value is -0.770. The number of rotatable bonds is 1. The molecular formula is C7H13NO3. The summed E-state index contributed by atoms with van der Waals surface area (Å²) in [6.45, 7) is 0. The van der Waals surface area contributed by atoms with Crippen molar-refractivity contribution < 1.29 is 15.0 Å². The van der Waals surface area contributed by atoms with Crippen molar-refractivity contribution in [2.75, 3.05) is 0 Å². The molecule has 0 aromatic heterocycles. The smallest absolute Gasteiger partial charge is 0.406 e. The molecular weight excluding hydrogens is 146 g/mol. The minimum Gasteiger partial charge on any atom is -0.465 e. The Labute approximate surface area is 65.2 Å². The number of nitrogens with one attached hydrogen (secondary N) is 1. The number of aliphatic hydroxyl groups is 1. The highest BCUT2D eigenvalue weighted by atomic mass is 16.4. The summed E-state index contributed by atoms with van der Waals surface area (Å²) in [5, 5.41) is 20.0. The van der Waals surface area contributed by atoms with Crippen LogP contribution in [0.15, 0.2) is 0 Å². The van der Waals surface area contributed by atoms with Crippen molar-refractivity contribution in [1.29, 1.82) is 0 Å². The zero-order valence-electron chi connectivity index (χ0n) is 6.34. The summed E-state index contributed by atoms with van der Waals surface area (Å²) < 4.78 is 0. The van der Waals surface area contributed by atoms with E-state index in [2.05, 4.69) is 5.32 Å². The van der Waals surface area contributed by atoms with Gasteiger partial charge in [-0.25, -0.2) is 4.79 Å². The number of carbonyl (C=O) groups is 1. The van der Waals surface area contributed by atoms with Gasteiger partial charge in [0.15, 0.2) is 0 Å². The van der Waals surface area contributed by atoms with Crippen LogP contribution in [0.1, 0.15) is 32.1 Å². The van der Waals surface area contributed by atoms with Gasteiger partial charge in [0, 0.05) is 0 Å². The Kier molecular flexibility index (Phi) is 2.34. The van der Waals surface area contributed by atoms with Crippen molar-refractivity contribution in [3.63, 3.8) is 0 Å². The molecule has 0 spiro atoms. The molecule has 4 nitrogen and oxygen atoms in total. The second-order valence-electron chi connectivity index (χ2n) is 3.02. The molecule has 3 N–H and O–H groups in total. The third-order valence-corrected chi connectivity index (χ3v) is 2.02. The van der Waals surface area contributed by atoms with Gasteiger partial charge >= 0.3 is 6.09 Å². The summed E-state index contributed by atoms with van der Waals surface area (Å²) in [6.07, 6.45) is 2.82. The van der Waals surface area contributed by atoms with Crippen LogP contribution in [0.5, 0.6) is 0 Å². The summed E-state index contributed by atoms with van der Waals surface area (Å²) in [7, 11) is 0. The largest absolute Gasteiger partial charge is 0.465 e. The topological polar surface area (TPSA) is 69.6 Å². The first-order valence-electron chi connectivity index (χ1n) is 3.86. The summed E-state index contributed by atoms with van der Waals surface area (Å²) in [6, 6.07) is 0. The van der Waals surface area contributed by atoms with Crippen molar-refractivity contribution in [2.24, 2.45) is 0 Å². The lowest BCUT2D eigenvalue weighted by Crippen LogP contribution is -2.49. The molecule has 0 aromatic rings. The average Bonchev–Trinajstić information content (AvgIpc) is 1.85. The fourth-order valence-electron chi connectivity index (χ4n) is 1.46. The van der Waals surface area contributed by atoms with Crippen LogP contribution in [-0.4, -0.2) is 22.0 Å². The van der Waals surface area contributed by atoms with Gasteiger partial charge in [-0.1, -0.05) is 6.42 Å². The van der Waals surface area contributed by atoms with Gasteiger partial charge in [-0.05, 0) is 25.7 Å². The summed E-state index contributed by atoms with van der Waals surface area (Å²) >= 11 is 0. The van der Waals surface area contributed by atoms with Gasteiger partial charge in [-0.2, -0.15) is 0 Å². The second kappa shape index (κ2) is 3.09. The fourth-order valence-corrected chi connectivity index (χ4v) is 1.46.